The Morgan fingerprint density at radius 1 is 0.967 bits per heavy atom. The van der Waals surface area contributed by atoms with Gasteiger partial charge in [0.1, 0.15) is 6.04 Å². The molecule has 1 aromatic carbocycles. The number of carbonyl (C=O) groups is 3. The Bertz CT molecular complexity index is 628. The minimum atomic E-state index is -0.794. The van der Waals surface area contributed by atoms with Crippen LogP contribution in [0.3, 0.4) is 0 Å². The van der Waals surface area contributed by atoms with Gasteiger partial charge in [0, 0.05) is 13.0 Å². The van der Waals surface area contributed by atoms with Crippen molar-refractivity contribution in [2.75, 3.05) is 19.6 Å². The van der Waals surface area contributed by atoms with E-state index in [4.69, 9.17) is 5.73 Å². The average Bonchev–Trinajstić information content (AvgIpc) is 2.71. The molecule has 0 aliphatic carbocycles. The van der Waals surface area contributed by atoms with E-state index in [1.807, 2.05) is 44.2 Å². The number of nitrogens with two attached hydrogens (primary N) is 1. The molecule has 1 atom stereocenters. The van der Waals surface area contributed by atoms with E-state index in [1.165, 1.54) is 0 Å². The van der Waals surface area contributed by atoms with Gasteiger partial charge >= 0.3 is 0 Å². The minimum Gasteiger partial charge on any atom is -0.351 e. The summed E-state index contributed by atoms with van der Waals surface area (Å²) in [7, 11) is 0. The van der Waals surface area contributed by atoms with Gasteiger partial charge in [0.05, 0.1) is 13.1 Å². The summed E-state index contributed by atoms with van der Waals surface area (Å²) < 4.78 is 0. The van der Waals surface area contributed by atoms with E-state index < -0.39 is 17.9 Å². The first-order valence-electron chi connectivity index (χ1n) is 10.4. The van der Waals surface area contributed by atoms with Crippen LogP contribution in [0.2, 0.25) is 0 Å². The highest BCUT2D eigenvalue weighted by Gasteiger charge is 2.21. The third-order valence-corrected chi connectivity index (χ3v) is 3.13. The summed E-state index contributed by atoms with van der Waals surface area (Å²) in [6.07, 6.45) is 0.311. The summed E-state index contributed by atoms with van der Waals surface area (Å²) in [5.41, 5.74) is 6.99. The predicted octanol–water partition coefficient (Wildman–Crippen LogP) is 2.17. The number of carbonyl (C=O) groups excluding carboxylic acids is 3. The molecule has 1 unspecified atom stereocenters. The molecular weight excluding hydrogens is 380 g/mol. The molecule has 0 fully saturated rings. The van der Waals surface area contributed by atoms with E-state index in [0.29, 0.717) is 13.0 Å². The van der Waals surface area contributed by atoms with Gasteiger partial charge < -0.3 is 21.7 Å². The van der Waals surface area contributed by atoms with E-state index >= 15 is 0 Å². The van der Waals surface area contributed by atoms with Gasteiger partial charge in [-0.05, 0) is 18.4 Å². The number of hydrogen-bond donors (Lipinski definition) is 4. The molecule has 1 aromatic rings. The van der Waals surface area contributed by atoms with Crippen LogP contribution < -0.4 is 21.7 Å². The molecule has 0 radical (unpaired) electrons. The van der Waals surface area contributed by atoms with Gasteiger partial charge in [-0.25, -0.2) is 0 Å². The Morgan fingerprint density at radius 3 is 1.97 bits per heavy atom. The quantitative estimate of drug-likeness (QED) is 0.459. The fourth-order valence-corrected chi connectivity index (χ4v) is 1.91. The van der Waals surface area contributed by atoms with Crippen LogP contribution in [0.25, 0.3) is 0 Å². The highest BCUT2D eigenvalue weighted by molar-refractivity contribution is 5.91. The lowest BCUT2D eigenvalue weighted by Gasteiger charge is -2.18. The second-order valence-corrected chi connectivity index (χ2v) is 7.20. The summed E-state index contributed by atoms with van der Waals surface area (Å²) in [5, 5.41) is 7.70. The van der Waals surface area contributed by atoms with Crippen molar-refractivity contribution in [3.63, 3.8) is 0 Å². The second-order valence-electron chi connectivity index (χ2n) is 7.20. The Hall–Kier alpha value is -2.67. The molecule has 1 rings (SSSR count). The summed E-state index contributed by atoms with van der Waals surface area (Å²) >= 11 is 0. The molecule has 30 heavy (non-hydrogen) atoms. The van der Waals surface area contributed by atoms with Gasteiger partial charge in [-0.1, -0.05) is 77.1 Å². The third-order valence-electron chi connectivity index (χ3n) is 3.13. The van der Waals surface area contributed by atoms with Crippen molar-refractivity contribution >= 4 is 17.7 Å². The summed E-state index contributed by atoms with van der Waals surface area (Å²) in [5.74, 6) is -0.362. The van der Waals surface area contributed by atoms with E-state index in [2.05, 4.69) is 43.3 Å². The van der Waals surface area contributed by atoms with Crippen LogP contribution in [0.15, 0.2) is 42.5 Å². The maximum absolute atomic E-state index is 12.3. The van der Waals surface area contributed by atoms with Crippen molar-refractivity contribution in [2.24, 2.45) is 11.7 Å². The first kappa shape index (κ1) is 29.5. The zero-order valence-electron chi connectivity index (χ0n) is 19.4. The van der Waals surface area contributed by atoms with Gasteiger partial charge in [-0.3, -0.25) is 14.4 Å². The van der Waals surface area contributed by atoms with Crippen molar-refractivity contribution in [3.8, 4) is 0 Å². The number of nitrogens with one attached hydrogen (secondary N) is 3. The van der Waals surface area contributed by atoms with Crippen LogP contribution >= 0.6 is 0 Å². The van der Waals surface area contributed by atoms with Crippen molar-refractivity contribution in [3.05, 3.63) is 48.0 Å². The molecule has 7 heteroatoms. The molecule has 0 bridgehead atoms. The molecule has 170 valence electrons. The maximum Gasteiger partial charge on any atom is 0.243 e. The summed E-state index contributed by atoms with van der Waals surface area (Å²) in [4.78, 5) is 35.4. The fourth-order valence-electron chi connectivity index (χ4n) is 1.91. The predicted molar refractivity (Wildman–Crippen MR) is 124 cm³/mol. The highest BCUT2D eigenvalue weighted by Crippen LogP contribution is 2.03. The molecule has 0 heterocycles. The lowest BCUT2D eigenvalue weighted by Crippen LogP contribution is -2.51. The normalized spacial score (nSPS) is 10.4. The van der Waals surface area contributed by atoms with Crippen LogP contribution in [0.5, 0.6) is 0 Å². The zero-order chi connectivity index (χ0) is 23.5. The zero-order valence-corrected chi connectivity index (χ0v) is 19.4. The molecule has 0 saturated heterocycles. The minimum absolute atomic E-state index is 0.171. The fraction of sp³-hybridized carbons (Fsp3) is 0.522. The Kier molecular flexibility index (Phi) is 18.1. The first-order chi connectivity index (χ1) is 14.1. The Labute approximate surface area is 181 Å². The first-order valence-corrected chi connectivity index (χ1v) is 10.4. The molecule has 0 aliphatic heterocycles. The average molecular weight is 421 g/mol. The SMILES string of the molecule is C=C(C)CNC(=O)CNC(=O)C(Cc1ccccc1)NC(=O)CN.CC.CC(C)C. The topological polar surface area (TPSA) is 113 Å². The van der Waals surface area contributed by atoms with Gasteiger partial charge in [0.25, 0.3) is 0 Å². The Balaban J connectivity index is 0. The number of benzene rings is 1. The molecule has 7 nitrogen and oxygen atoms in total. The maximum atomic E-state index is 12.3. The largest absolute Gasteiger partial charge is 0.351 e. The molecule has 0 spiro atoms. The molecule has 3 amide bonds. The Morgan fingerprint density at radius 2 is 1.50 bits per heavy atom. The van der Waals surface area contributed by atoms with Gasteiger partial charge in [-0.2, -0.15) is 0 Å². The number of hydrogen-bond acceptors (Lipinski definition) is 4. The third kappa shape index (κ3) is 17.4. The van der Waals surface area contributed by atoms with Crippen LogP contribution in [-0.4, -0.2) is 43.4 Å². The lowest BCUT2D eigenvalue weighted by molar-refractivity contribution is -0.129. The van der Waals surface area contributed by atoms with Crippen molar-refractivity contribution in [1.29, 1.82) is 0 Å². The van der Waals surface area contributed by atoms with Gasteiger partial charge in [0.15, 0.2) is 0 Å². The van der Waals surface area contributed by atoms with Crippen LogP contribution in [0, 0.1) is 5.92 Å². The lowest BCUT2D eigenvalue weighted by atomic mass is 10.1. The number of rotatable bonds is 9. The van der Waals surface area contributed by atoms with Crippen molar-refractivity contribution in [1.82, 2.24) is 16.0 Å². The molecular formula is C23H40N4O3. The van der Waals surface area contributed by atoms with Gasteiger partial charge in [0.2, 0.25) is 17.7 Å². The van der Waals surface area contributed by atoms with Crippen LogP contribution in [0.1, 0.15) is 47.1 Å². The smallest absolute Gasteiger partial charge is 0.243 e. The highest BCUT2D eigenvalue weighted by atomic mass is 16.2. The van der Waals surface area contributed by atoms with E-state index in [0.717, 1.165) is 17.1 Å². The standard InChI is InChI=1S/C17H24N4O3.C4H10.C2H6/c1-12(2)10-19-16(23)11-20-17(24)14(21-15(22)9-18)8-13-6-4-3-5-7-13;1-4(2)3;1-2/h3-7,14H,1,8-11,18H2,2H3,(H,19,23)(H,20,24)(H,21,22);4H,1-3H3;1-2H3. The van der Waals surface area contributed by atoms with Crippen molar-refractivity contribution in [2.45, 2.75) is 54.0 Å². The van der Waals surface area contributed by atoms with Gasteiger partial charge in [-0.15, -0.1) is 0 Å². The molecule has 0 aromatic heterocycles. The summed E-state index contributed by atoms with van der Waals surface area (Å²) in [6.45, 7) is 15.9. The molecule has 0 aliphatic rings. The van der Waals surface area contributed by atoms with Crippen molar-refractivity contribution < 1.29 is 14.4 Å². The van der Waals surface area contributed by atoms with Crippen LogP contribution in [0.4, 0.5) is 0 Å². The second kappa shape index (κ2) is 18.4. The molecule has 0 saturated carbocycles. The van der Waals surface area contributed by atoms with E-state index in [-0.39, 0.29) is 19.0 Å². The molecule has 5 N–H and O–H groups in total. The van der Waals surface area contributed by atoms with Crippen LogP contribution in [-0.2, 0) is 20.8 Å². The van der Waals surface area contributed by atoms with E-state index in [1.54, 1.807) is 6.92 Å². The summed E-state index contributed by atoms with van der Waals surface area (Å²) in [6, 6.07) is 8.48. The monoisotopic (exact) mass is 420 g/mol. The number of amides is 3. The van der Waals surface area contributed by atoms with E-state index in [9.17, 15) is 14.4 Å².